The van der Waals surface area contributed by atoms with Gasteiger partial charge in [-0.1, -0.05) is 36.9 Å². The Hall–Kier alpha value is -2.97. The van der Waals surface area contributed by atoms with Crippen molar-refractivity contribution >= 4 is 21.8 Å². The van der Waals surface area contributed by atoms with Crippen molar-refractivity contribution in [2.75, 3.05) is 6.54 Å². The molecular weight excluding hydrogens is 462 g/mol. The quantitative estimate of drug-likeness (QED) is 0.579. The van der Waals surface area contributed by atoms with Gasteiger partial charge in [0.1, 0.15) is 0 Å². The minimum absolute atomic E-state index is 0.0551. The average molecular weight is 494 g/mol. The van der Waals surface area contributed by atoms with E-state index in [-0.39, 0.29) is 28.8 Å². The van der Waals surface area contributed by atoms with Crippen molar-refractivity contribution in [2.24, 2.45) is 0 Å². The number of sulfonamides is 1. The Morgan fingerprint density at radius 3 is 2.37 bits per heavy atom. The fourth-order valence-corrected chi connectivity index (χ4v) is 7.40. The molecule has 1 aliphatic heterocycles. The summed E-state index contributed by atoms with van der Waals surface area (Å²) in [6.07, 6.45) is 5.88. The molecule has 7 nitrogen and oxygen atoms in total. The van der Waals surface area contributed by atoms with Gasteiger partial charge in [-0.25, -0.2) is 8.42 Å². The van der Waals surface area contributed by atoms with Gasteiger partial charge in [-0.3, -0.25) is 9.59 Å². The molecule has 2 saturated carbocycles. The Morgan fingerprint density at radius 2 is 1.74 bits per heavy atom. The molecular formula is C27H31N3O4S. The van der Waals surface area contributed by atoms with Gasteiger partial charge in [0.25, 0.3) is 5.91 Å². The third-order valence-corrected chi connectivity index (χ3v) is 9.71. The molecule has 8 heteroatoms. The molecule has 1 heterocycles. The molecule has 5 rings (SSSR count). The molecule has 3 fully saturated rings. The minimum Gasteiger partial charge on any atom is -0.350 e. The van der Waals surface area contributed by atoms with Crippen LogP contribution in [0.5, 0.6) is 0 Å². The van der Waals surface area contributed by atoms with E-state index in [1.165, 1.54) is 23.8 Å². The van der Waals surface area contributed by atoms with Crippen LogP contribution >= 0.6 is 0 Å². The first kappa shape index (κ1) is 23.8. The lowest BCUT2D eigenvalue weighted by atomic mass is 9.70. The molecule has 2 aromatic rings. The summed E-state index contributed by atoms with van der Waals surface area (Å²) in [6, 6.07) is 16.4. The topological polar surface area (TPSA) is 95.6 Å². The van der Waals surface area contributed by atoms with Gasteiger partial charge in [-0.15, -0.1) is 0 Å². The van der Waals surface area contributed by atoms with E-state index in [0.717, 1.165) is 25.7 Å². The average Bonchev–Trinajstić information content (AvgIpc) is 3.62. The zero-order chi connectivity index (χ0) is 24.6. The molecule has 2 amide bonds. The van der Waals surface area contributed by atoms with Crippen molar-refractivity contribution < 1.29 is 18.0 Å². The number of carbonyl (C=O) groups excluding carboxylic acids is 2. The largest absolute Gasteiger partial charge is 0.350 e. The first-order valence-corrected chi connectivity index (χ1v) is 13.7. The second kappa shape index (κ2) is 9.24. The van der Waals surface area contributed by atoms with Crippen LogP contribution in [0.1, 0.15) is 60.4 Å². The van der Waals surface area contributed by atoms with Crippen LogP contribution in [-0.2, 0) is 14.8 Å². The first-order chi connectivity index (χ1) is 16.8. The number of carbonyl (C=O) groups is 2. The van der Waals surface area contributed by atoms with Crippen molar-refractivity contribution in [2.45, 2.75) is 67.0 Å². The molecule has 2 aromatic carbocycles. The number of benzene rings is 2. The third-order valence-electron chi connectivity index (χ3n) is 7.69. The van der Waals surface area contributed by atoms with Crippen LogP contribution < -0.4 is 10.6 Å². The number of nitrogens with zero attached hydrogens (tertiary/aromatic N) is 1. The zero-order valence-corrected chi connectivity index (χ0v) is 20.5. The standard InChI is InChI=1S/C27H31N3O4S/c1-2-25(31)28-21-13-16-30(27(18-21)14-6-15-27)35(33,34)22-11-9-20(10-12-22)26(32)29-24-17-23(24)19-7-4-3-5-8-19/h2-5,7-12,21,23-24H,1,6,13-18H2,(H,28,31)(H,29,32)/t21?,23?,24-/m1/s1. The molecule has 2 N–H and O–H groups in total. The Morgan fingerprint density at radius 1 is 1.03 bits per heavy atom. The highest BCUT2D eigenvalue weighted by atomic mass is 32.2. The summed E-state index contributed by atoms with van der Waals surface area (Å²) in [7, 11) is -3.72. The zero-order valence-electron chi connectivity index (χ0n) is 19.7. The van der Waals surface area contributed by atoms with Gasteiger partial charge in [0.15, 0.2) is 0 Å². The maximum atomic E-state index is 13.6. The summed E-state index contributed by atoms with van der Waals surface area (Å²) in [5.74, 6) is -0.0831. The van der Waals surface area contributed by atoms with Gasteiger partial charge < -0.3 is 10.6 Å². The van der Waals surface area contributed by atoms with E-state index >= 15 is 0 Å². The summed E-state index contributed by atoms with van der Waals surface area (Å²) in [5, 5.41) is 5.99. The number of hydrogen-bond donors (Lipinski definition) is 2. The number of amides is 2. The van der Waals surface area contributed by atoms with E-state index in [0.29, 0.717) is 30.9 Å². The Bertz CT molecular complexity index is 1220. The van der Waals surface area contributed by atoms with Gasteiger partial charge in [-0.2, -0.15) is 4.31 Å². The Kier molecular flexibility index (Phi) is 6.27. The number of piperidine rings is 1. The van der Waals surface area contributed by atoms with E-state index in [1.807, 2.05) is 18.2 Å². The lowest BCUT2D eigenvalue weighted by Crippen LogP contribution is -2.63. The minimum atomic E-state index is -3.72. The maximum Gasteiger partial charge on any atom is 0.251 e. The predicted octanol–water partition coefficient (Wildman–Crippen LogP) is 3.35. The van der Waals surface area contributed by atoms with Crippen LogP contribution in [0.3, 0.4) is 0 Å². The summed E-state index contributed by atoms with van der Waals surface area (Å²) in [4.78, 5) is 24.7. The van der Waals surface area contributed by atoms with Gasteiger partial charge in [-0.05, 0) is 74.4 Å². The Balaban J connectivity index is 1.25. The number of rotatable bonds is 7. The normalized spacial score (nSPS) is 25.3. The van der Waals surface area contributed by atoms with Crippen molar-refractivity contribution in [3.05, 3.63) is 78.4 Å². The second-order valence-electron chi connectivity index (χ2n) is 9.91. The highest BCUT2D eigenvalue weighted by Crippen LogP contribution is 2.47. The molecule has 1 spiro atoms. The fourth-order valence-electron chi connectivity index (χ4n) is 5.55. The van der Waals surface area contributed by atoms with Gasteiger partial charge >= 0.3 is 0 Å². The fraction of sp³-hybridized carbons (Fsp3) is 0.407. The van der Waals surface area contributed by atoms with Gasteiger partial charge in [0.2, 0.25) is 15.9 Å². The lowest BCUT2D eigenvalue weighted by Gasteiger charge is -2.54. The van der Waals surface area contributed by atoms with Gasteiger partial charge in [0.05, 0.1) is 4.90 Å². The molecule has 2 aliphatic carbocycles. The second-order valence-corrected chi connectivity index (χ2v) is 11.8. The molecule has 0 radical (unpaired) electrons. The van der Waals surface area contributed by atoms with Crippen molar-refractivity contribution in [1.82, 2.24) is 14.9 Å². The first-order valence-electron chi connectivity index (χ1n) is 12.2. The van der Waals surface area contributed by atoms with Crippen molar-refractivity contribution in [1.29, 1.82) is 0 Å². The smallest absolute Gasteiger partial charge is 0.251 e. The monoisotopic (exact) mass is 493 g/mol. The lowest BCUT2D eigenvalue weighted by molar-refractivity contribution is -0.117. The number of nitrogens with one attached hydrogen (secondary N) is 2. The van der Waals surface area contributed by atoms with E-state index in [1.54, 1.807) is 16.4 Å². The van der Waals surface area contributed by atoms with Crippen LogP contribution in [0, 0.1) is 0 Å². The SMILES string of the molecule is C=CC(=O)NC1CCN(S(=O)(=O)c2ccc(C(=O)N[C@@H]3CC3c3ccccc3)cc2)C2(CCC2)C1. The number of hydrogen-bond acceptors (Lipinski definition) is 4. The summed E-state index contributed by atoms with van der Waals surface area (Å²) in [5.41, 5.74) is 1.22. The third kappa shape index (κ3) is 4.65. The molecule has 3 aliphatic rings. The van der Waals surface area contributed by atoms with Crippen molar-refractivity contribution in [3.63, 3.8) is 0 Å². The van der Waals surface area contributed by atoms with Crippen LogP contribution in [0.4, 0.5) is 0 Å². The van der Waals surface area contributed by atoms with Crippen LogP contribution in [0.2, 0.25) is 0 Å². The molecule has 3 atom stereocenters. The Labute approximate surface area is 206 Å². The summed E-state index contributed by atoms with van der Waals surface area (Å²) < 4.78 is 28.8. The van der Waals surface area contributed by atoms with Crippen LogP contribution in [-0.4, -0.2) is 48.7 Å². The summed E-state index contributed by atoms with van der Waals surface area (Å²) in [6.45, 7) is 3.86. The van der Waals surface area contributed by atoms with E-state index in [4.69, 9.17) is 0 Å². The summed E-state index contributed by atoms with van der Waals surface area (Å²) >= 11 is 0. The molecule has 2 unspecified atom stereocenters. The highest BCUT2D eigenvalue weighted by molar-refractivity contribution is 7.89. The van der Waals surface area contributed by atoms with Crippen molar-refractivity contribution in [3.8, 4) is 0 Å². The van der Waals surface area contributed by atoms with Crippen LogP contribution in [0.15, 0.2) is 72.1 Å². The van der Waals surface area contributed by atoms with Crippen LogP contribution in [0.25, 0.3) is 0 Å². The molecule has 1 saturated heterocycles. The van der Waals surface area contributed by atoms with E-state index in [9.17, 15) is 18.0 Å². The highest BCUT2D eigenvalue weighted by Gasteiger charge is 2.51. The predicted molar refractivity (Wildman–Crippen MR) is 133 cm³/mol. The van der Waals surface area contributed by atoms with Gasteiger partial charge in [0, 0.05) is 35.6 Å². The maximum absolute atomic E-state index is 13.6. The molecule has 0 aromatic heterocycles. The van der Waals surface area contributed by atoms with E-state index in [2.05, 4.69) is 29.3 Å². The molecule has 184 valence electrons. The molecule has 35 heavy (non-hydrogen) atoms. The van der Waals surface area contributed by atoms with E-state index < -0.39 is 15.6 Å². The molecule has 0 bridgehead atoms.